The summed E-state index contributed by atoms with van der Waals surface area (Å²) in [5.41, 5.74) is 1.83. The number of para-hydroxylation sites is 2. The summed E-state index contributed by atoms with van der Waals surface area (Å²) in [5, 5.41) is 2.73. The van der Waals surface area contributed by atoms with Gasteiger partial charge in [-0.25, -0.2) is 4.79 Å². The van der Waals surface area contributed by atoms with Gasteiger partial charge in [0.15, 0.2) is 17.6 Å². The van der Waals surface area contributed by atoms with E-state index in [1.54, 1.807) is 18.2 Å². The summed E-state index contributed by atoms with van der Waals surface area (Å²) in [6.07, 6.45) is -0.924. The van der Waals surface area contributed by atoms with Crippen LogP contribution in [0.3, 0.4) is 0 Å². The van der Waals surface area contributed by atoms with E-state index < -0.39 is 24.1 Å². The standard InChI is InChI=1S/C20H21NO5/c1-3-14-8-10-15(11-9-14)21-19(22)13(2)25-20(23)18-12-24-16-6-4-5-7-17(16)26-18/h4-11,13,18H,3,12H2,1-2H3,(H,21,22)/t13-,18-/m1/s1. The molecule has 0 aliphatic carbocycles. The molecule has 26 heavy (non-hydrogen) atoms. The van der Waals surface area contributed by atoms with Crippen LogP contribution in [0.4, 0.5) is 5.69 Å². The number of carbonyl (C=O) groups is 2. The number of ether oxygens (including phenoxy) is 3. The number of carbonyl (C=O) groups excluding carboxylic acids is 2. The van der Waals surface area contributed by atoms with Gasteiger partial charge in [-0.15, -0.1) is 0 Å². The molecule has 0 saturated carbocycles. The molecular formula is C20H21NO5. The van der Waals surface area contributed by atoms with Crippen molar-refractivity contribution >= 4 is 17.6 Å². The highest BCUT2D eigenvalue weighted by Crippen LogP contribution is 2.31. The summed E-state index contributed by atoms with van der Waals surface area (Å²) < 4.78 is 16.3. The molecule has 0 aromatic heterocycles. The Labute approximate surface area is 152 Å². The van der Waals surface area contributed by atoms with E-state index in [2.05, 4.69) is 12.2 Å². The molecule has 1 heterocycles. The Morgan fingerprint density at radius 3 is 2.54 bits per heavy atom. The van der Waals surface area contributed by atoms with Gasteiger partial charge in [-0.3, -0.25) is 4.79 Å². The minimum absolute atomic E-state index is 0.0443. The number of amides is 1. The zero-order valence-corrected chi connectivity index (χ0v) is 14.7. The van der Waals surface area contributed by atoms with E-state index in [0.29, 0.717) is 17.2 Å². The van der Waals surface area contributed by atoms with Crippen LogP contribution < -0.4 is 14.8 Å². The summed E-state index contributed by atoms with van der Waals surface area (Å²) in [7, 11) is 0. The molecule has 3 rings (SSSR count). The number of rotatable bonds is 5. The van der Waals surface area contributed by atoms with E-state index in [0.717, 1.165) is 6.42 Å². The van der Waals surface area contributed by atoms with Crippen LogP contribution in [-0.4, -0.2) is 30.7 Å². The van der Waals surface area contributed by atoms with E-state index in [-0.39, 0.29) is 6.61 Å². The average molecular weight is 355 g/mol. The van der Waals surface area contributed by atoms with Crippen LogP contribution in [0.1, 0.15) is 19.4 Å². The molecule has 136 valence electrons. The average Bonchev–Trinajstić information content (AvgIpc) is 2.68. The van der Waals surface area contributed by atoms with Crippen LogP contribution >= 0.6 is 0 Å². The summed E-state index contributed by atoms with van der Waals surface area (Å²) in [6, 6.07) is 14.6. The number of aryl methyl sites for hydroxylation is 1. The molecule has 1 aliphatic rings. The van der Waals surface area contributed by atoms with Gasteiger partial charge in [0.2, 0.25) is 6.10 Å². The zero-order chi connectivity index (χ0) is 18.5. The normalized spacial score (nSPS) is 16.5. The maximum atomic E-state index is 12.3. The Balaban J connectivity index is 1.54. The van der Waals surface area contributed by atoms with Crippen molar-refractivity contribution in [1.82, 2.24) is 0 Å². The SMILES string of the molecule is CCc1ccc(NC(=O)[C@@H](C)OC(=O)[C@H]2COc3ccccc3O2)cc1. The van der Waals surface area contributed by atoms with Crippen molar-refractivity contribution in [2.24, 2.45) is 0 Å². The van der Waals surface area contributed by atoms with Crippen molar-refractivity contribution in [3.05, 3.63) is 54.1 Å². The number of hydrogen-bond acceptors (Lipinski definition) is 5. The first-order chi connectivity index (χ1) is 12.6. The lowest BCUT2D eigenvalue weighted by Crippen LogP contribution is -2.41. The van der Waals surface area contributed by atoms with Gasteiger partial charge in [-0.1, -0.05) is 31.2 Å². The maximum absolute atomic E-state index is 12.3. The Kier molecular flexibility index (Phi) is 5.41. The summed E-state index contributed by atoms with van der Waals surface area (Å²) in [6.45, 7) is 3.62. The summed E-state index contributed by atoms with van der Waals surface area (Å²) in [5.74, 6) is 0.0231. The van der Waals surface area contributed by atoms with Crippen LogP contribution in [0.5, 0.6) is 11.5 Å². The predicted molar refractivity (Wildman–Crippen MR) is 96.4 cm³/mol. The number of hydrogen-bond donors (Lipinski definition) is 1. The van der Waals surface area contributed by atoms with Gasteiger partial charge in [0.05, 0.1) is 0 Å². The number of anilines is 1. The lowest BCUT2D eigenvalue weighted by Gasteiger charge is -2.25. The minimum atomic E-state index is -0.950. The largest absolute Gasteiger partial charge is 0.485 e. The lowest BCUT2D eigenvalue weighted by molar-refractivity contribution is -0.162. The van der Waals surface area contributed by atoms with Crippen molar-refractivity contribution in [3.8, 4) is 11.5 Å². The molecule has 0 radical (unpaired) electrons. The molecule has 0 bridgehead atoms. The van der Waals surface area contributed by atoms with Gasteiger partial charge >= 0.3 is 5.97 Å². The van der Waals surface area contributed by atoms with Crippen molar-refractivity contribution in [2.45, 2.75) is 32.5 Å². The minimum Gasteiger partial charge on any atom is -0.485 e. The highest BCUT2D eigenvalue weighted by molar-refractivity contribution is 5.95. The number of esters is 1. The zero-order valence-electron chi connectivity index (χ0n) is 14.7. The quantitative estimate of drug-likeness (QED) is 0.835. The number of fused-ring (bicyclic) bond motifs is 1. The molecular weight excluding hydrogens is 334 g/mol. The van der Waals surface area contributed by atoms with E-state index in [9.17, 15) is 9.59 Å². The number of nitrogens with one attached hydrogen (secondary N) is 1. The van der Waals surface area contributed by atoms with Crippen molar-refractivity contribution in [2.75, 3.05) is 11.9 Å². The van der Waals surface area contributed by atoms with Crippen molar-refractivity contribution < 1.29 is 23.8 Å². The van der Waals surface area contributed by atoms with Crippen LogP contribution in [0.25, 0.3) is 0 Å². The van der Waals surface area contributed by atoms with E-state index in [1.165, 1.54) is 12.5 Å². The van der Waals surface area contributed by atoms with Gasteiger partial charge < -0.3 is 19.5 Å². The third-order valence-electron chi connectivity index (χ3n) is 4.06. The van der Waals surface area contributed by atoms with Gasteiger partial charge in [0.25, 0.3) is 5.91 Å². The second-order valence-corrected chi connectivity index (χ2v) is 5.98. The molecule has 1 amide bonds. The van der Waals surface area contributed by atoms with Gasteiger partial charge in [0, 0.05) is 5.69 Å². The second-order valence-electron chi connectivity index (χ2n) is 5.98. The Morgan fingerprint density at radius 2 is 1.85 bits per heavy atom. The van der Waals surface area contributed by atoms with E-state index in [4.69, 9.17) is 14.2 Å². The third kappa shape index (κ3) is 4.14. The molecule has 0 fully saturated rings. The summed E-state index contributed by atoms with van der Waals surface area (Å²) >= 11 is 0. The van der Waals surface area contributed by atoms with Crippen molar-refractivity contribution in [3.63, 3.8) is 0 Å². The molecule has 6 heteroatoms. The van der Waals surface area contributed by atoms with Crippen LogP contribution in [0.15, 0.2) is 48.5 Å². The Hall–Kier alpha value is -3.02. The molecule has 2 aromatic carbocycles. The van der Waals surface area contributed by atoms with Crippen LogP contribution in [-0.2, 0) is 20.7 Å². The smallest absolute Gasteiger partial charge is 0.351 e. The topological polar surface area (TPSA) is 73.9 Å². The monoisotopic (exact) mass is 355 g/mol. The lowest BCUT2D eigenvalue weighted by atomic mass is 10.1. The first-order valence-corrected chi connectivity index (χ1v) is 8.55. The molecule has 6 nitrogen and oxygen atoms in total. The van der Waals surface area contributed by atoms with Crippen LogP contribution in [0.2, 0.25) is 0 Å². The van der Waals surface area contributed by atoms with Gasteiger partial charge in [-0.05, 0) is 43.2 Å². The molecule has 2 aromatic rings. The van der Waals surface area contributed by atoms with E-state index in [1.807, 2.05) is 30.3 Å². The fraction of sp³-hybridized carbons (Fsp3) is 0.300. The highest BCUT2D eigenvalue weighted by Gasteiger charge is 2.31. The molecule has 1 N–H and O–H groups in total. The Morgan fingerprint density at radius 1 is 1.15 bits per heavy atom. The molecule has 1 aliphatic heterocycles. The second kappa shape index (κ2) is 7.91. The Bertz CT molecular complexity index is 787. The fourth-order valence-corrected chi connectivity index (χ4v) is 2.51. The maximum Gasteiger partial charge on any atom is 0.351 e. The highest BCUT2D eigenvalue weighted by atomic mass is 16.6. The summed E-state index contributed by atoms with van der Waals surface area (Å²) in [4.78, 5) is 24.5. The fourth-order valence-electron chi connectivity index (χ4n) is 2.51. The molecule has 2 atom stereocenters. The van der Waals surface area contributed by atoms with Crippen LogP contribution in [0, 0.1) is 0 Å². The van der Waals surface area contributed by atoms with Gasteiger partial charge in [-0.2, -0.15) is 0 Å². The first kappa shape index (κ1) is 17.8. The first-order valence-electron chi connectivity index (χ1n) is 8.55. The van der Waals surface area contributed by atoms with E-state index >= 15 is 0 Å². The molecule has 0 unspecified atom stereocenters. The number of benzene rings is 2. The molecule has 0 spiro atoms. The van der Waals surface area contributed by atoms with Crippen molar-refractivity contribution in [1.29, 1.82) is 0 Å². The predicted octanol–water partition coefficient (Wildman–Crippen LogP) is 2.96. The molecule has 0 saturated heterocycles. The van der Waals surface area contributed by atoms with Gasteiger partial charge in [0.1, 0.15) is 6.61 Å². The third-order valence-corrected chi connectivity index (χ3v) is 4.06.